The summed E-state index contributed by atoms with van der Waals surface area (Å²) in [6.07, 6.45) is 5.55. The third-order valence-corrected chi connectivity index (χ3v) is 5.42. The molecule has 3 atom stereocenters. The summed E-state index contributed by atoms with van der Waals surface area (Å²) in [5, 5.41) is 5.22. The van der Waals surface area contributed by atoms with Crippen LogP contribution in [0.15, 0.2) is 48.6 Å². The molecule has 4 rings (SSSR count). The third-order valence-electron chi connectivity index (χ3n) is 4.86. The number of methoxy groups -OCH3 is 1. The average molecular weight is 346 g/mol. The summed E-state index contributed by atoms with van der Waals surface area (Å²) in [5.41, 5.74) is 3.34. The molecule has 2 nitrogen and oxygen atoms in total. The van der Waals surface area contributed by atoms with E-state index in [2.05, 4.69) is 23.5 Å². The zero-order valence-electron chi connectivity index (χ0n) is 12.7. The molecule has 0 aromatic heterocycles. The van der Waals surface area contributed by atoms with Crippen LogP contribution in [0.25, 0.3) is 0 Å². The van der Waals surface area contributed by atoms with E-state index in [1.807, 2.05) is 30.3 Å². The molecule has 0 bridgehead atoms. The van der Waals surface area contributed by atoms with Crippen molar-refractivity contribution in [1.82, 2.24) is 0 Å². The number of rotatable bonds is 2. The lowest BCUT2D eigenvalue weighted by Gasteiger charge is -2.38. The smallest absolute Gasteiger partial charge is 0.142 e. The van der Waals surface area contributed by atoms with Gasteiger partial charge in [0.1, 0.15) is 5.75 Å². The fourth-order valence-electron chi connectivity index (χ4n) is 3.84. The predicted molar refractivity (Wildman–Crippen MR) is 95.8 cm³/mol. The molecule has 0 saturated carbocycles. The molecular weight excluding hydrogens is 329 g/mol. The minimum atomic E-state index is 0.188. The first-order chi connectivity index (χ1) is 11.2. The summed E-state index contributed by atoms with van der Waals surface area (Å²) in [4.78, 5) is 0. The van der Waals surface area contributed by atoms with Crippen LogP contribution in [0.2, 0.25) is 10.0 Å². The number of hydrogen-bond donors (Lipinski definition) is 1. The van der Waals surface area contributed by atoms with Crippen LogP contribution < -0.4 is 10.1 Å². The topological polar surface area (TPSA) is 21.3 Å². The molecule has 0 fully saturated rings. The zero-order chi connectivity index (χ0) is 16.0. The van der Waals surface area contributed by atoms with E-state index in [0.29, 0.717) is 11.8 Å². The Bertz CT molecular complexity index is 787. The van der Waals surface area contributed by atoms with Crippen LogP contribution in [0.5, 0.6) is 5.75 Å². The van der Waals surface area contributed by atoms with Gasteiger partial charge < -0.3 is 10.1 Å². The second-order valence-electron chi connectivity index (χ2n) is 6.07. The molecule has 2 aromatic carbocycles. The van der Waals surface area contributed by atoms with E-state index in [-0.39, 0.29) is 6.04 Å². The fourth-order valence-corrected chi connectivity index (χ4v) is 4.32. The third kappa shape index (κ3) is 2.41. The van der Waals surface area contributed by atoms with E-state index in [1.165, 1.54) is 5.56 Å². The van der Waals surface area contributed by atoms with Gasteiger partial charge >= 0.3 is 0 Å². The van der Waals surface area contributed by atoms with Gasteiger partial charge in [-0.25, -0.2) is 0 Å². The van der Waals surface area contributed by atoms with Gasteiger partial charge in [-0.2, -0.15) is 0 Å². The molecule has 118 valence electrons. The normalized spacial score (nSPS) is 24.7. The molecule has 0 spiro atoms. The molecule has 2 aromatic rings. The van der Waals surface area contributed by atoms with E-state index >= 15 is 0 Å². The van der Waals surface area contributed by atoms with Crippen molar-refractivity contribution in [3.8, 4) is 5.75 Å². The highest BCUT2D eigenvalue weighted by atomic mass is 35.5. The quantitative estimate of drug-likeness (QED) is 0.691. The van der Waals surface area contributed by atoms with Crippen LogP contribution >= 0.6 is 23.2 Å². The lowest BCUT2D eigenvalue weighted by Crippen LogP contribution is -2.29. The molecule has 1 aliphatic heterocycles. The molecule has 1 N–H and O–H groups in total. The average Bonchev–Trinajstić information content (AvgIpc) is 3.03. The number of fused-ring (bicyclic) bond motifs is 3. The van der Waals surface area contributed by atoms with Crippen molar-refractivity contribution in [2.45, 2.75) is 18.4 Å². The zero-order valence-corrected chi connectivity index (χ0v) is 14.2. The first-order valence-electron chi connectivity index (χ1n) is 7.74. The van der Waals surface area contributed by atoms with Gasteiger partial charge in [-0.1, -0.05) is 47.5 Å². The molecule has 0 saturated heterocycles. The van der Waals surface area contributed by atoms with E-state index in [1.54, 1.807) is 7.11 Å². The maximum absolute atomic E-state index is 6.51. The number of allylic oxidation sites excluding steroid dienone is 2. The minimum Gasteiger partial charge on any atom is -0.495 e. The summed E-state index contributed by atoms with van der Waals surface area (Å²) in [7, 11) is 1.69. The van der Waals surface area contributed by atoms with Crippen molar-refractivity contribution in [2.24, 2.45) is 5.92 Å². The van der Waals surface area contributed by atoms with E-state index in [4.69, 9.17) is 27.9 Å². The summed E-state index contributed by atoms with van der Waals surface area (Å²) < 4.78 is 5.55. The number of ether oxygens (including phenoxy) is 1. The molecule has 1 heterocycles. The minimum absolute atomic E-state index is 0.188. The number of nitrogens with one attached hydrogen (secondary N) is 1. The maximum Gasteiger partial charge on any atom is 0.142 e. The van der Waals surface area contributed by atoms with Gasteiger partial charge in [-0.15, -0.1) is 0 Å². The van der Waals surface area contributed by atoms with Crippen molar-refractivity contribution >= 4 is 28.9 Å². The van der Waals surface area contributed by atoms with Gasteiger partial charge in [0.05, 0.1) is 18.8 Å². The number of anilines is 1. The predicted octanol–water partition coefficient (Wildman–Crippen LogP) is 5.83. The van der Waals surface area contributed by atoms with Gasteiger partial charge in [0.2, 0.25) is 0 Å². The lowest BCUT2D eigenvalue weighted by molar-refractivity contribution is 0.397. The van der Waals surface area contributed by atoms with Crippen LogP contribution in [0.4, 0.5) is 5.69 Å². The SMILES string of the molecule is COc1ccc(Cl)c2c1N[C@H](c1cccc(Cl)c1)[C@@H]1CC=C[C@H]21. The molecule has 1 aliphatic carbocycles. The largest absolute Gasteiger partial charge is 0.495 e. The first-order valence-corrected chi connectivity index (χ1v) is 8.49. The molecule has 23 heavy (non-hydrogen) atoms. The summed E-state index contributed by atoms with van der Waals surface area (Å²) in [5.74, 6) is 1.57. The highest BCUT2D eigenvalue weighted by molar-refractivity contribution is 6.32. The second kappa shape index (κ2) is 5.77. The Morgan fingerprint density at radius 1 is 1.17 bits per heavy atom. The Hall–Kier alpha value is -1.64. The van der Waals surface area contributed by atoms with Crippen LogP contribution in [-0.4, -0.2) is 7.11 Å². The molecule has 2 aliphatic rings. The number of benzene rings is 2. The van der Waals surface area contributed by atoms with Crippen molar-refractivity contribution < 1.29 is 4.74 Å². The van der Waals surface area contributed by atoms with Gasteiger partial charge in [-0.3, -0.25) is 0 Å². The Morgan fingerprint density at radius 3 is 2.83 bits per heavy atom. The Labute approximate surface area is 146 Å². The van der Waals surface area contributed by atoms with Gasteiger partial charge in [0, 0.05) is 21.5 Å². The fraction of sp³-hybridized carbons (Fsp3) is 0.263. The van der Waals surface area contributed by atoms with E-state index < -0.39 is 0 Å². The van der Waals surface area contributed by atoms with Crippen LogP contribution in [0, 0.1) is 5.92 Å². The van der Waals surface area contributed by atoms with E-state index in [0.717, 1.165) is 33.5 Å². The lowest BCUT2D eigenvalue weighted by atomic mass is 9.77. The summed E-state index contributed by atoms with van der Waals surface area (Å²) in [6, 6.07) is 12.1. The van der Waals surface area contributed by atoms with Gasteiger partial charge in [-0.05, 0) is 42.2 Å². The standard InChI is InChI=1S/C19H17Cl2NO/c1-23-16-9-8-15(21)17-13-6-3-7-14(13)18(22-19(16)17)11-4-2-5-12(20)10-11/h2-6,8-10,13-14,18,22H,7H2,1H3/t13-,14+,18+/m0/s1. The molecule has 0 unspecified atom stereocenters. The molecule has 0 radical (unpaired) electrons. The highest BCUT2D eigenvalue weighted by Crippen LogP contribution is 2.54. The summed E-state index contributed by atoms with van der Waals surface area (Å²) in [6.45, 7) is 0. The van der Waals surface area contributed by atoms with Crippen molar-refractivity contribution in [3.05, 3.63) is 69.7 Å². The van der Waals surface area contributed by atoms with Crippen LogP contribution in [0.3, 0.4) is 0 Å². The maximum atomic E-state index is 6.51. The number of halogens is 2. The second-order valence-corrected chi connectivity index (χ2v) is 6.91. The van der Waals surface area contributed by atoms with Crippen LogP contribution in [0.1, 0.15) is 29.5 Å². The number of hydrogen-bond acceptors (Lipinski definition) is 2. The van der Waals surface area contributed by atoms with Crippen LogP contribution in [-0.2, 0) is 0 Å². The van der Waals surface area contributed by atoms with Gasteiger partial charge in [0.25, 0.3) is 0 Å². The highest BCUT2D eigenvalue weighted by Gasteiger charge is 2.40. The molecule has 0 amide bonds. The Balaban J connectivity index is 1.86. The molecule has 4 heteroatoms. The first kappa shape index (κ1) is 14.9. The van der Waals surface area contributed by atoms with Crippen molar-refractivity contribution in [3.63, 3.8) is 0 Å². The van der Waals surface area contributed by atoms with E-state index in [9.17, 15) is 0 Å². The molecular formula is C19H17Cl2NO. The van der Waals surface area contributed by atoms with Crippen molar-refractivity contribution in [1.29, 1.82) is 0 Å². The van der Waals surface area contributed by atoms with Gasteiger partial charge in [0.15, 0.2) is 0 Å². The Morgan fingerprint density at radius 2 is 2.04 bits per heavy atom. The summed E-state index contributed by atoms with van der Waals surface area (Å²) >= 11 is 12.7. The van der Waals surface area contributed by atoms with Crippen molar-refractivity contribution in [2.75, 3.05) is 12.4 Å². The monoisotopic (exact) mass is 345 g/mol. The Kier molecular flexibility index (Phi) is 3.74.